The van der Waals surface area contributed by atoms with E-state index in [2.05, 4.69) is 15.6 Å². The Kier molecular flexibility index (Phi) is 7.52. The number of aromatic nitrogens is 1. The molecule has 2 aromatic rings. The molecule has 28 heavy (non-hydrogen) atoms. The third-order valence-electron chi connectivity index (χ3n) is 3.82. The van der Waals surface area contributed by atoms with Gasteiger partial charge < -0.3 is 20.5 Å². The van der Waals surface area contributed by atoms with Crippen molar-refractivity contribution >= 4 is 12.0 Å². The Balaban J connectivity index is 2.05. The van der Waals surface area contributed by atoms with Gasteiger partial charge in [-0.25, -0.2) is 4.79 Å². The van der Waals surface area contributed by atoms with Crippen LogP contribution in [0, 0.1) is 0 Å². The first kappa shape index (κ1) is 21.4. The normalized spacial score (nSPS) is 13.3. The number of hydrogen-bond acceptors (Lipinski definition) is 5. The summed E-state index contributed by atoms with van der Waals surface area (Å²) in [4.78, 5) is 28.7. The minimum Gasteiger partial charge on any atom is -0.444 e. The summed E-state index contributed by atoms with van der Waals surface area (Å²) in [6, 6.07) is 13.8. The standard InChI is InChI=1S/C21H27N3O4/c1-21(2,3)28-20(27)24-17(13-15-9-5-4-6-10-15)18(25)19(26)23-14-16-11-7-8-12-22-16/h4-12,17-18,25H,13-14H2,1-3H3,(H,23,26)(H,24,27)/t17?,18-/m0/s1. The van der Waals surface area contributed by atoms with Crippen LogP contribution in [-0.2, 0) is 22.5 Å². The second-order valence-electron chi connectivity index (χ2n) is 7.43. The second-order valence-corrected chi connectivity index (χ2v) is 7.43. The summed E-state index contributed by atoms with van der Waals surface area (Å²) in [5.41, 5.74) is 0.857. The van der Waals surface area contributed by atoms with Crippen molar-refractivity contribution < 1.29 is 19.4 Å². The minimum atomic E-state index is -1.45. The molecule has 7 heteroatoms. The molecule has 1 unspecified atom stereocenters. The van der Waals surface area contributed by atoms with Gasteiger partial charge in [0.2, 0.25) is 0 Å². The van der Waals surface area contributed by atoms with E-state index < -0.39 is 29.7 Å². The van der Waals surface area contributed by atoms with Crippen LogP contribution >= 0.6 is 0 Å². The number of carbonyl (C=O) groups is 2. The molecule has 7 nitrogen and oxygen atoms in total. The molecular weight excluding hydrogens is 358 g/mol. The predicted molar refractivity (Wildman–Crippen MR) is 105 cm³/mol. The van der Waals surface area contributed by atoms with Crippen LogP contribution in [-0.4, -0.2) is 39.8 Å². The molecule has 0 aliphatic rings. The fourth-order valence-corrected chi connectivity index (χ4v) is 2.54. The van der Waals surface area contributed by atoms with Crippen LogP contribution in [0.2, 0.25) is 0 Å². The lowest BCUT2D eigenvalue weighted by Gasteiger charge is -2.26. The summed E-state index contributed by atoms with van der Waals surface area (Å²) in [7, 11) is 0. The van der Waals surface area contributed by atoms with Gasteiger partial charge in [0.1, 0.15) is 5.60 Å². The number of nitrogens with zero attached hydrogens (tertiary/aromatic N) is 1. The summed E-state index contributed by atoms with van der Waals surface area (Å²) in [6.07, 6.45) is -0.236. The zero-order valence-corrected chi connectivity index (χ0v) is 16.4. The van der Waals surface area contributed by atoms with Gasteiger partial charge in [0.25, 0.3) is 5.91 Å². The minimum absolute atomic E-state index is 0.182. The first-order valence-corrected chi connectivity index (χ1v) is 9.14. The SMILES string of the molecule is CC(C)(C)OC(=O)NC(Cc1ccccc1)[C@H](O)C(=O)NCc1ccccn1. The van der Waals surface area contributed by atoms with Crippen LogP contribution < -0.4 is 10.6 Å². The van der Waals surface area contributed by atoms with Gasteiger partial charge in [-0.3, -0.25) is 9.78 Å². The van der Waals surface area contributed by atoms with Crippen molar-refractivity contribution in [2.75, 3.05) is 0 Å². The number of rotatable bonds is 7. The Morgan fingerprint density at radius 1 is 1.11 bits per heavy atom. The van der Waals surface area contributed by atoms with Crippen LogP contribution in [0.1, 0.15) is 32.0 Å². The Bertz CT molecular complexity index is 760. The Labute approximate surface area is 165 Å². The van der Waals surface area contributed by atoms with E-state index >= 15 is 0 Å². The van der Waals surface area contributed by atoms with E-state index in [1.54, 1.807) is 39.1 Å². The van der Waals surface area contributed by atoms with E-state index in [9.17, 15) is 14.7 Å². The zero-order valence-electron chi connectivity index (χ0n) is 16.4. The fourth-order valence-electron chi connectivity index (χ4n) is 2.54. The summed E-state index contributed by atoms with van der Waals surface area (Å²) in [5, 5.41) is 15.8. The van der Waals surface area contributed by atoms with E-state index in [0.717, 1.165) is 5.56 Å². The van der Waals surface area contributed by atoms with Crippen LogP contribution in [0.3, 0.4) is 0 Å². The number of aliphatic hydroxyl groups is 1. The Morgan fingerprint density at radius 2 is 1.79 bits per heavy atom. The maximum Gasteiger partial charge on any atom is 0.407 e. The van der Waals surface area contributed by atoms with Gasteiger partial charge in [-0.05, 0) is 44.9 Å². The quantitative estimate of drug-likeness (QED) is 0.678. The third kappa shape index (κ3) is 7.36. The lowest BCUT2D eigenvalue weighted by molar-refractivity contribution is -0.130. The van der Waals surface area contributed by atoms with Crippen LogP contribution in [0.25, 0.3) is 0 Å². The van der Waals surface area contributed by atoms with E-state index in [1.165, 1.54) is 0 Å². The number of amides is 2. The number of benzene rings is 1. The van der Waals surface area contributed by atoms with Crippen molar-refractivity contribution in [3.05, 3.63) is 66.0 Å². The highest BCUT2D eigenvalue weighted by Gasteiger charge is 2.29. The molecule has 0 saturated heterocycles. The summed E-state index contributed by atoms with van der Waals surface area (Å²) >= 11 is 0. The Hall–Kier alpha value is -2.93. The summed E-state index contributed by atoms with van der Waals surface area (Å²) < 4.78 is 5.26. The van der Waals surface area contributed by atoms with Crippen molar-refractivity contribution in [3.63, 3.8) is 0 Å². The maximum absolute atomic E-state index is 12.4. The van der Waals surface area contributed by atoms with Gasteiger partial charge in [-0.2, -0.15) is 0 Å². The molecule has 2 atom stereocenters. The second kappa shape index (κ2) is 9.85. The molecule has 0 fully saturated rings. The van der Waals surface area contributed by atoms with Crippen molar-refractivity contribution in [2.45, 2.75) is 51.5 Å². The highest BCUT2D eigenvalue weighted by Crippen LogP contribution is 2.10. The molecule has 1 aromatic carbocycles. The molecule has 0 aliphatic heterocycles. The highest BCUT2D eigenvalue weighted by molar-refractivity contribution is 5.82. The van der Waals surface area contributed by atoms with Crippen LogP contribution in [0.4, 0.5) is 4.79 Å². The molecule has 0 bridgehead atoms. The lowest BCUT2D eigenvalue weighted by Crippen LogP contribution is -2.52. The van der Waals surface area contributed by atoms with E-state index in [0.29, 0.717) is 5.69 Å². The molecule has 3 N–H and O–H groups in total. The van der Waals surface area contributed by atoms with Crippen LogP contribution in [0.5, 0.6) is 0 Å². The summed E-state index contributed by atoms with van der Waals surface area (Å²) in [5.74, 6) is -0.595. The zero-order chi connectivity index (χ0) is 20.6. The van der Waals surface area contributed by atoms with Gasteiger partial charge in [-0.15, -0.1) is 0 Å². The van der Waals surface area contributed by atoms with Crippen molar-refractivity contribution in [2.24, 2.45) is 0 Å². The highest BCUT2D eigenvalue weighted by atomic mass is 16.6. The van der Waals surface area contributed by atoms with E-state index in [1.807, 2.05) is 36.4 Å². The number of hydrogen-bond donors (Lipinski definition) is 3. The molecule has 2 rings (SSSR count). The van der Waals surface area contributed by atoms with Crippen molar-refractivity contribution in [1.29, 1.82) is 0 Å². The monoisotopic (exact) mass is 385 g/mol. The molecule has 0 radical (unpaired) electrons. The van der Waals surface area contributed by atoms with Crippen LogP contribution in [0.15, 0.2) is 54.7 Å². The average molecular weight is 385 g/mol. The molecule has 2 amide bonds. The number of aliphatic hydroxyl groups excluding tert-OH is 1. The van der Waals surface area contributed by atoms with Gasteiger partial charge in [0.15, 0.2) is 6.10 Å². The van der Waals surface area contributed by atoms with Gasteiger partial charge in [0.05, 0.1) is 18.3 Å². The molecular formula is C21H27N3O4. The number of pyridine rings is 1. The topological polar surface area (TPSA) is 101 Å². The molecule has 1 heterocycles. The first-order valence-electron chi connectivity index (χ1n) is 9.14. The lowest BCUT2D eigenvalue weighted by atomic mass is 10.0. The van der Waals surface area contributed by atoms with E-state index in [-0.39, 0.29) is 13.0 Å². The largest absolute Gasteiger partial charge is 0.444 e. The van der Waals surface area contributed by atoms with Crippen molar-refractivity contribution in [3.8, 4) is 0 Å². The molecule has 0 spiro atoms. The number of nitrogens with one attached hydrogen (secondary N) is 2. The molecule has 1 aromatic heterocycles. The van der Waals surface area contributed by atoms with Crippen molar-refractivity contribution in [1.82, 2.24) is 15.6 Å². The molecule has 0 aliphatic carbocycles. The number of carbonyl (C=O) groups excluding carboxylic acids is 2. The average Bonchev–Trinajstić information content (AvgIpc) is 2.65. The Morgan fingerprint density at radius 3 is 2.39 bits per heavy atom. The number of alkyl carbamates (subject to hydrolysis) is 1. The van der Waals surface area contributed by atoms with E-state index in [4.69, 9.17) is 4.74 Å². The van der Waals surface area contributed by atoms with Gasteiger partial charge in [-0.1, -0.05) is 36.4 Å². The predicted octanol–water partition coefficient (Wildman–Crippen LogP) is 2.19. The maximum atomic E-state index is 12.4. The molecule has 0 saturated carbocycles. The van der Waals surface area contributed by atoms with Gasteiger partial charge in [0, 0.05) is 6.20 Å². The smallest absolute Gasteiger partial charge is 0.407 e. The molecule has 150 valence electrons. The summed E-state index contributed by atoms with van der Waals surface area (Å²) in [6.45, 7) is 5.42. The first-order chi connectivity index (χ1) is 13.2. The number of ether oxygens (including phenoxy) is 1. The van der Waals surface area contributed by atoms with Gasteiger partial charge >= 0.3 is 6.09 Å². The fraction of sp³-hybridized carbons (Fsp3) is 0.381. The third-order valence-corrected chi connectivity index (χ3v) is 3.82.